The molecule has 37 heavy (non-hydrogen) atoms. The standard InChI is InChI=1S/C27H18BrCl2N3O3S/c1-35-23-11-15(10-20(28)24(23)36-13-17-7-8-18(29)12-21(17)30)9-19-25(31)33-22(16-5-3-2-4-6-16)14-37-27(33)32-26(19)34/h2-12,14,31H,13H2,1H3. The second kappa shape index (κ2) is 10.8. The molecule has 0 unspecified atom stereocenters. The van der Waals surface area contributed by atoms with Gasteiger partial charge in [-0.1, -0.05) is 71.4 Å². The third-order valence-electron chi connectivity index (χ3n) is 5.63. The van der Waals surface area contributed by atoms with Gasteiger partial charge >= 0.3 is 0 Å². The largest absolute Gasteiger partial charge is 0.493 e. The summed E-state index contributed by atoms with van der Waals surface area (Å²) in [4.78, 5) is 18.8. The summed E-state index contributed by atoms with van der Waals surface area (Å²) in [5.74, 6) is 0.514. The van der Waals surface area contributed by atoms with Gasteiger partial charge in [0.1, 0.15) is 12.4 Å². The lowest BCUT2D eigenvalue weighted by molar-refractivity contribution is -0.114. The number of aliphatic imine (C=N–C) groups is 1. The van der Waals surface area contributed by atoms with E-state index in [0.29, 0.717) is 36.7 Å². The number of carbonyl (C=O) groups is 1. The van der Waals surface area contributed by atoms with Crippen molar-refractivity contribution >= 4 is 79.6 Å². The van der Waals surface area contributed by atoms with E-state index in [1.54, 1.807) is 41.3 Å². The molecular weight excluding hydrogens is 597 g/mol. The molecule has 0 aromatic heterocycles. The highest BCUT2D eigenvalue weighted by atomic mass is 79.9. The van der Waals surface area contributed by atoms with Crippen molar-refractivity contribution in [2.75, 3.05) is 7.11 Å². The molecule has 0 radical (unpaired) electrons. The van der Waals surface area contributed by atoms with E-state index in [2.05, 4.69) is 20.9 Å². The molecule has 0 bridgehead atoms. The fourth-order valence-electron chi connectivity index (χ4n) is 3.83. The molecule has 0 atom stereocenters. The number of amidine groups is 2. The summed E-state index contributed by atoms with van der Waals surface area (Å²) in [5.41, 5.74) is 3.32. The van der Waals surface area contributed by atoms with Gasteiger partial charge in [-0.05, 0) is 57.4 Å². The molecule has 3 aromatic carbocycles. The van der Waals surface area contributed by atoms with Crippen LogP contribution in [0.25, 0.3) is 11.8 Å². The Labute approximate surface area is 236 Å². The van der Waals surface area contributed by atoms with Crippen LogP contribution in [-0.2, 0) is 11.4 Å². The summed E-state index contributed by atoms with van der Waals surface area (Å²) >= 11 is 17.1. The van der Waals surface area contributed by atoms with E-state index in [1.165, 1.54) is 18.9 Å². The van der Waals surface area contributed by atoms with E-state index in [0.717, 1.165) is 16.8 Å². The number of hydrogen-bond acceptors (Lipinski definition) is 5. The first kappa shape index (κ1) is 25.6. The maximum Gasteiger partial charge on any atom is 0.283 e. The molecule has 6 nitrogen and oxygen atoms in total. The summed E-state index contributed by atoms with van der Waals surface area (Å²) < 4.78 is 12.2. The van der Waals surface area contributed by atoms with Gasteiger partial charge in [0.05, 0.1) is 22.9 Å². The number of fused-ring (bicyclic) bond motifs is 1. The molecule has 0 saturated carbocycles. The Morgan fingerprint density at radius 1 is 1.14 bits per heavy atom. The van der Waals surface area contributed by atoms with Crippen LogP contribution in [0.4, 0.5) is 0 Å². The normalized spacial score (nSPS) is 16.0. The summed E-state index contributed by atoms with van der Waals surface area (Å²) in [7, 11) is 1.53. The van der Waals surface area contributed by atoms with Crippen LogP contribution < -0.4 is 9.47 Å². The zero-order valence-electron chi connectivity index (χ0n) is 19.3. The molecule has 0 spiro atoms. The molecule has 1 N–H and O–H groups in total. The van der Waals surface area contributed by atoms with E-state index in [9.17, 15) is 4.79 Å². The highest BCUT2D eigenvalue weighted by molar-refractivity contribution is 9.10. The van der Waals surface area contributed by atoms with Crippen LogP contribution >= 0.6 is 50.9 Å². The second-order valence-electron chi connectivity index (χ2n) is 7.99. The Balaban J connectivity index is 1.44. The first-order valence-electron chi connectivity index (χ1n) is 11.0. The van der Waals surface area contributed by atoms with Gasteiger partial charge in [0, 0.05) is 21.0 Å². The van der Waals surface area contributed by atoms with E-state index < -0.39 is 5.91 Å². The monoisotopic (exact) mass is 613 g/mol. The predicted molar refractivity (Wildman–Crippen MR) is 153 cm³/mol. The van der Waals surface area contributed by atoms with Gasteiger partial charge in [-0.2, -0.15) is 4.99 Å². The lowest BCUT2D eigenvalue weighted by Gasteiger charge is -2.27. The number of carbonyl (C=O) groups excluding carboxylic acids is 1. The fourth-order valence-corrected chi connectivity index (χ4v) is 5.76. The summed E-state index contributed by atoms with van der Waals surface area (Å²) in [6.07, 6.45) is 1.63. The minimum absolute atomic E-state index is 0.0582. The molecule has 0 fully saturated rings. The molecule has 3 aromatic rings. The number of nitrogens with one attached hydrogen (secondary N) is 1. The number of hydrogen-bond donors (Lipinski definition) is 1. The van der Waals surface area contributed by atoms with Crippen LogP contribution in [0.1, 0.15) is 16.7 Å². The van der Waals surface area contributed by atoms with Gasteiger partial charge in [0.2, 0.25) is 0 Å². The Morgan fingerprint density at radius 2 is 1.92 bits per heavy atom. The molecule has 1 amide bonds. The quantitative estimate of drug-likeness (QED) is 0.289. The summed E-state index contributed by atoms with van der Waals surface area (Å²) in [6.45, 7) is 0.202. The van der Waals surface area contributed by atoms with E-state index in [4.69, 9.17) is 38.1 Å². The van der Waals surface area contributed by atoms with E-state index in [-0.39, 0.29) is 18.0 Å². The zero-order valence-corrected chi connectivity index (χ0v) is 23.2. The van der Waals surface area contributed by atoms with Gasteiger partial charge in [0.25, 0.3) is 5.91 Å². The molecule has 10 heteroatoms. The second-order valence-corrected chi connectivity index (χ2v) is 10.5. The molecule has 2 aliphatic heterocycles. The van der Waals surface area contributed by atoms with Gasteiger partial charge < -0.3 is 9.47 Å². The predicted octanol–water partition coefficient (Wildman–Crippen LogP) is 7.65. The van der Waals surface area contributed by atoms with Crippen molar-refractivity contribution in [2.24, 2.45) is 4.99 Å². The fraction of sp³-hybridized carbons (Fsp3) is 0.0741. The third-order valence-corrected chi connectivity index (χ3v) is 7.64. The van der Waals surface area contributed by atoms with Gasteiger partial charge in [-0.3, -0.25) is 15.1 Å². The Kier molecular flexibility index (Phi) is 7.44. The van der Waals surface area contributed by atoms with Crippen LogP contribution in [-0.4, -0.2) is 28.9 Å². The van der Waals surface area contributed by atoms with Crippen molar-refractivity contribution in [1.82, 2.24) is 4.90 Å². The Bertz CT molecular complexity index is 1520. The third kappa shape index (κ3) is 5.20. The van der Waals surface area contributed by atoms with Crippen molar-refractivity contribution in [3.63, 3.8) is 0 Å². The first-order chi connectivity index (χ1) is 17.9. The average Bonchev–Trinajstić information content (AvgIpc) is 3.31. The number of amides is 1. The number of ether oxygens (including phenoxy) is 2. The summed E-state index contributed by atoms with van der Waals surface area (Å²) in [6, 6.07) is 18.4. The molecule has 5 rings (SSSR count). The Morgan fingerprint density at radius 3 is 2.65 bits per heavy atom. The highest BCUT2D eigenvalue weighted by Crippen LogP contribution is 2.40. The zero-order chi connectivity index (χ0) is 26.1. The lowest BCUT2D eigenvalue weighted by atomic mass is 10.1. The maximum absolute atomic E-state index is 12.9. The Hall–Kier alpha value is -3.04. The maximum atomic E-state index is 12.9. The van der Waals surface area contributed by atoms with E-state index >= 15 is 0 Å². The molecule has 0 saturated heterocycles. The highest BCUT2D eigenvalue weighted by Gasteiger charge is 2.36. The van der Waals surface area contributed by atoms with Crippen LogP contribution in [0.2, 0.25) is 10.0 Å². The molecular formula is C27H18BrCl2N3O3S. The van der Waals surface area contributed by atoms with Crippen LogP contribution in [0.15, 0.2) is 81.1 Å². The number of thioether (sulfide) groups is 1. The summed E-state index contributed by atoms with van der Waals surface area (Å²) in [5, 5.41) is 12.3. The molecule has 2 aliphatic rings. The smallest absolute Gasteiger partial charge is 0.283 e. The number of benzene rings is 3. The van der Waals surface area contributed by atoms with Gasteiger partial charge in [-0.15, -0.1) is 0 Å². The number of methoxy groups -OCH3 is 1. The van der Waals surface area contributed by atoms with Crippen LogP contribution in [0.3, 0.4) is 0 Å². The lowest BCUT2D eigenvalue weighted by Crippen LogP contribution is -2.38. The van der Waals surface area contributed by atoms with Crippen molar-refractivity contribution in [3.05, 3.63) is 103 Å². The van der Waals surface area contributed by atoms with Crippen LogP contribution in [0.5, 0.6) is 11.5 Å². The SMILES string of the molecule is COc1cc(C=C2C(=N)N3C(c4ccccc4)=CSC3=NC2=O)cc(Br)c1OCc1ccc(Cl)cc1Cl. The number of halogens is 3. The van der Waals surface area contributed by atoms with Crippen molar-refractivity contribution in [1.29, 1.82) is 5.41 Å². The minimum atomic E-state index is -0.473. The van der Waals surface area contributed by atoms with Gasteiger partial charge in [0.15, 0.2) is 16.7 Å². The average molecular weight is 615 g/mol. The topological polar surface area (TPSA) is 75.0 Å². The number of rotatable bonds is 6. The van der Waals surface area contributed by atoms with Crippen LogP contribution in [0, 0.1) is 5.41 Å². The molecule has 2 heterocycles. The van der Waals surface area contributed by atoms with Crippen molar-refractivity contribution < 1.29 is 14.3 Å². The minimum Gasteiger partial charge on any atom is -0.493 e. The number of nitrogens with zero attached hydrogens (tertiary/aromatic N) is 2. The van der Waals surface area contributed by atoms with E-state index in [1.807, 2.05) is 35.7 Å². The molecule has 0 aliphatic carbocycles. The molecule has 186 valence electrons. The first-order valence-corrected chi connectivity index (χ1v) is 13.4. The van der Waals surface area contributed by atoms with Crippen molar-refractivity contribution in [2.45, 2.75) is 6.61 Å². The van der Waals surface area contributed by atoms with Crippen molar-refractivity contribution in [3.8, 4) is 11.5 Å². The van der Waals surface area contributed by atoms with Gasteiger partial charge in [-0.25, -0.2) is 0 Å².